The maximum Gasteiger partial charge on any atom is 0.253 e. The molecule has 7 heteroatoms. The Labute approximate surface area is 228 Å². The molecule has 0 radical (unpaired) electrons. The molecule has 0 aliphatic carbocycles. The van der Waals surface area contributed by atoms with Crippen LogP contribution in [0, 0.1) is 0 Å². The van der Waals surface area contributed by atoms with Crippen LogP contribution in [0.4, 0.5) is 0 Å². The monoisotopic (exact) mass is 519 g/mol. The van der Waals surface area contributed by atoms with Crippen LogP contribution in [-0.2, 0) is 0 Å². The Morgan fingerprint density at radius 3 is 2.67 bits per heavy atom. The number of rotatable bonds is 5. The third-order valence-electron chi connectivity index (χ3n) is 8.57. The Bertz CT molecular complexity index is 1610. The normalized spacial score (nSPS) is 19.8. The molecule has 3 aliphatic rings. The Kier molecular flexibility index (Phi) is 6.16. The van der Waals surface area contributed by atoms with Gasteiger partial charge in [-0.25, -0.2) is 0 Å². The van der Waals surface area contributed by atoms with Gasteiger partial charge in [-0.15, -0.1) is 0 Å². The zero-order valence-corrected chi connectivity index (χ0v) is 22.3. The summed E-state index contributed by atoms with van der Waals surface area (Å²) < 4.78 is 5.85. The lowest BCUT2D eigenvalue weighted by Gasteiger charge is -2.23. The number of methoxy groups -OCH3 is 1. The van der Waals surface area contributed by atoms with Gasteiger partial charge in [-0.05, 0) is 86.7 Å². The quantitative estimate of drug-likeness (QED) is 0.356. The van der Waals surface area contributed by atoms with Crippen LogP contribution in [0.3, 0.4) is 0 Å². The van der Waals surface area contributed by atoms with E-state index in [0.29, 0.717) is 6.04 Å². The largest absolute Gasteiger partial charge is 0.496 e. The Hall–Kier alpha value is -3.97. The van der Waals surface area contributed by atoms with Crippen molar-refractivity contribution in [3.8, 4) is 16.9 Å². The molecular formula is C32H33N5O2. The minimum Gasteiger partial charge on any atom is -0.496 e. The van der Waals surface area contributed by atoms with Crippen molar-refractivity contribution in [3.63, 3.8) is 0 Å². The number of carbonyl (C=O) groups is 1. The van der Waals surface area contributed by atoms with Crippen LogP contribution in [0.15, 0.2) is 59.9 Å². The van der Waals surface area contributed by atoms with Crippen LogP contribution in [0.1, 0.15) is 48.2 Å². The molecule has 1 N–H and O–H groups in total. The predicted molar refractivity (Wildman–Crippen MR) is 156 cm³/mol. The molecule has 0 bridgehead atoms. The van der Waals surface area contributed by atoms with Gasteiger partial charge in [-0.1, -0.05) is 12.1 Å². The number of amides is 1. The van der Waals surface area contributed by atoms with E-state index in [0.717, 1.165) is 87.9 Å². The Morgan fingerprint density at radius 1 is 1.05 bits per heavy atom. The fraction of sp³-hybridized carbons (Fsp3) is 0.344. The minimum absolute atomic E-state index is 0.125. The molecule has 2 saturated heterocycles. The number of H-pyrrole nitrogens is 1. The fourth-order valence-electron chi connectivity index (χ4n) is 6.50. The average molecular weight is 520 g/mol. The smallest absolute Gasteiger partial charge is 0.253 e. The van der Waals surface area contributed by atoms with Crippen LogP contribution < -0.4 is 4.74 Å². The highest BCUT2D eigenvalue weighted by Gasteiger charge is 2.32. The Balaban J connectivity index is 1.24. The maximum atomic E-state index is 13.4. The van der Waals surface area contributed by atoms with Crippen molar-refractivity contribution in [3.05, 3.63) is 66.1 Å². The first-order valence-electron chi connectivity index (χ1n) is 14.0. The molecule has 2 aromatic carbocycles. The molecule has 2 fully saturated rings. The number of aliphatic imine (C=N–C) groups is 1. The van der Waals surface area contributed by atoms with Gasteiger partial charge in [0.2, 0.25) is 0 Å². The summed E-state index contributed by atoms with van der Waals surface area (Å²) in [7, 11) is 1.71. The molecule has 39 heavy (non-hydrogen) atoms. The van der Waals surface area contributed by atoms with Crippen LogP contribution in [0.2, 0.25) is 0 Å². The number of nitrogens with one attached hydrogen (secondary N) is 1. The lowest BCUT2D eigenvalue weighted by Crippen LogP contribution is -2.37. The van der Waals surface area contributed by atoms with E-state index in [-0.39, 0.29) is 5.91 Å². The molecule has 5 heterocycles. The number of aromatic nitrogens is 2. The van der Waals surface area contributed by atoms with E-state index < -0.39 is 0 Å². The number of ether oxygens (including phenoxy) is 1. The van der Waals surface area contributed by atoms with E-state index in [1.807, 2.05) is 41.7 Å². The van der Waals surface area contributed by atoms with Gasteiger partial charge in [0, 0.05) is 59.0 Å². The van der Waals surface area contributed by atoms with Crippen LogP contribution in [0.5, 0.6) is 5.75 Å². The number of carbonyl (C=O) groups excluding carboxylic acids is 1. The number of allylic oxidation sites excluding steroid dienone is 1. The number of hydrogen-bond donors (Lipinski definition) is 1. The summed E-state index contributed by atoms with van der Waals surface area (Å²) in [5, 5.41) is 2.20. The van der Waals surface area contributed by atoms with Gasteiger partial charge in [-0.3, -0.25) is 19.7 Å². The third kappa shape index (κ3) is 4.31. The SMILES string of the molecule is COc1ccc2[nH]c3cnc(C4=CN=CCC4)cc3c2c1-c1ccc(C(=O)N2CCC(N3CCCC3)C2)cc1. The molecular weight excluding hydrogens is 486 g/mol. The summed E-state index contributed by atoms with van der Waals surface area (Å²) in [5.41, 5.74) is 6.89. The highest BCUT2D eigenvalue weighted by atomic mass is 16.5. The minimum atomic E-state index is 0.125. The lowest BCUT2D eigenvalue weighted by molar-refractivity contribution is 0.0780. The summed E-state index contributed by atoms with van der Waals surface area (Å²) in [6.07, 6.45) is 11.3. The second-order valence-electron chi connectivity index (χ2n) is 10.8. The molecule has 7 rings (SSSR count). The highest BCUT2D eigenvalue weighted by Crippen LogP contribution is 2.41. The lowest BCUT2D eigenvalue weighted by atomic mass is 9.96. The molecule has 0 saturated carbocycles. The predicted octanol–water partition coefficient (Wildman–Crippen LogP) is 5.91. The summed E-state index contributed by atoms with van der Waals surface area (Å²) in [4.78, 5) is 30.5. The van der Waals surface area contributed by atoms with Crippen LogP contribution >= 0.6 is 0 Å². The first kappa shape index (κ1) is 24.1. The van der Waals surface area contributed by atoms with Crippen molar-refractivity contribution in [2.75, 3.05) is 33.3 Å². The molecule has 1 atom stereocenters. The van der Waals surface area contributed by atoms with Gasteiger partial charge in [0.1, 0.15) is 5.75 Å². The topological polar surface area (TPSA) is 73.8 Å². The first-order valence-corrected chi connectivity index (χ1v) is 14.0. The fourth-order valence-corrected chi connectivity index (χ4v) is 6.50. The summed E-state index contributed by atoms with van der Waals surface area (Å²) in [5.74, 6) is 0.926. The van der Waals surface area contributed by atoms with Crippen molar-refractivity contribution < 1.29 is 9.53 Å². The summed E-state index contributed by atoms with van der Waals surface area (Å²) in [6, 6.07) is 14.8. The second kappa shape index (κ2) is 9.97. The summed E-state index contributed by atoms with van der Waals surface area (Å²) >= 11 is 0. The standard InChI is InChI=1S/C32H33N5O2/c1-39-29-11-10-26-31(25-17-27(34-19-28(25)35-26)23-5-4-13-33-18-23)30(29)21-6-8-22(9-7-21)32(38)37-16-12-24(20-37)36-14-2-3-15-36/h6-11,13,17-19,24,35H,2-5,12,14-16,20H2,1H3. The molecule has 198 valence electrons. The maximum absolute atomic E-state index is 13.4. The number of pyridine rings is 1. The zero-order valence-electron chi connectivity index (χ0n) is 22.3. The van der Waals surface area contributed by atoms with Gasteiger partial charge in [0.15, 0.2) is 0 Å². The molecule has 0 spiro atoms. The highest BCUT2D eigenvalue weighted by molar-refractivity contribution is 6.16. The van der Waals surface area contributed by atoms with Gasteiger partial charge in [-0.2, -0.15) is 0 Å². The van der Waals surface area contributed by atoms with Crippen LogP contribution in [0.25, 0.3) is 38.5 Å². The third-order valence-corrected chi connectivity index (χ3v) is 8.57. The average Bonchev–Trinajstić information content (AvgIpc) is 3.76. The van der Waals surface area contributed by atoms with Crippen molar-refractivity contribution in [2.24, 2.45) is 4.99 Å². The Morgan fingerprint density at radius 2 is 1.90 bits per heavy atom. The zero-order chi connectivity index (χ0) is 26.3. The van der Waals surface area contributed by atoms with Crippen LogP contribution in [-0.4, -0.2) is 71.2 Å². The molecule has 3 aliphatic heterocycles. The van der Waals surface area contributed by atoms with Gasteiger partial charge in [0.05, 0.1) is 24.5 Å². The number of nitrogens with zero attached hydrogens (tertiary/aromatic N) is 4. The van der Waals surface area contributed by atoms with Gasteiger partial charge < -0.3 is 14.6 Å². The summed E-state index contributed by atoms with van der Waals surface area (Å²) in [6.45, 7) is 4.01. The molecule has 1 unspecified atom stereocenters. The van der Waals surface area contributed by atoms with Gasteiger partial charge in [0.25, 0.3) is 5.91 Å². The molecule has 2 aromatic heterocycles. The van der Waals surface area contributed by atoms with Crippen molar-refractivity contribution in [2.45, 2.75) is 38.1 Å². The van der Waals surface area contributed by atoms with Gasteiger partial charge >= 0.3 is 0 Å². The number of benzene rings is 2. The van der Waals surface area contributed by atoms with E-state index in [9.17, 15) is 4.79 Å². The molecule has 1 amide bonds. The van der Waals surface area contributed by atoms with E-state index in [2.05, 4.69) is 39.1 Å². The van der Waals surface area contributed by atoms with E-state index in [1.165, 1.54) is 25.9 Å². The number of aromatic amines is 1. The molecule has 7 nitrogen and oxygen atoms in total. The first-order chi connectivity index (χ1) is 19.2. The van der Waals surface area contributed by atoms with E-state index in [4.69, 9.17) is 9.72 Å². The molecule has 4 aromatic rings. The number of fused-ring (bicyclic) bond motifs is 3. The van der Waals surface area contributed by atoms with E-state index in [1.54, 1.807) is 7.11 Å². The van der Waals surface area contributed by atoms with Crippen molar-refractivity contribution in [1.82, 2.24) is 19.8 Å². The number of hydrogen-bond acceptors (Lipinski definition) is 5. The van der Waals surface area contributed by atoms with Crippen molar-refractivity contribution >= 4 is 39.5 Å². The van der Waals surface area contributed by atoms with Crippen molar-refractivity contribution in [1.29, 1.82) is 0 Å². The second-order valence-corrected chi connectivity index (χ2v) is 10.8. The van der Waals surface area contributed by atoms with E-state index >= 15 is 0 Å². The number of likely N-dealkylation sites (tertiary alicyclic amines) is 2.